The van der Waals surface area contributed by atoms with Crippen molar-refractivity contribution in [3.8, 4) is 0 Å². The number of esters is 2. The first-order chi connectivity index (χ1) is 14.7. The lowest BCUT2D eigenvalue weighted by Crippen LogP contribution is -2.27. The van der Waals surface area contributed by atoms with Crippen molar-refractivity contribution in [3.05, 3.63) is 69.7 Å². The van der Waals surface area contributed by atoms with E-state index >= 15 is 0 Å². The van der Waals surface area contributed by atoms with Crippen LogP contribution < -0.4 is 0 Å². The van der Waals surface area contributed by atoms with E-state index in [1.54, 1.807) is 56.3 Å². The van der Waals surface area contributed by atoms with E-state index in [-0.39, 0.29) is 36.0 Å². The van der Waals surface area contributed by atoms with Gasteiger partial charge in [0.25, 0.3) is 0 Å². The molecule has 1 atom stereocenters. The van der Waals surface area contributed by atoms with Crippen LogP contribution in [0.15, 0.2) is 48.5 Å². The molecule has 6 nitrogen and oxygen atoms in total. The summed E-state index contributed by atoms with van der Waals surface area (Å²) in [4.78, 5) is 45.6. The largest absolute Gasteiger partial charge is 0.466 e. The molecule has 0 N–H and O–H groups in total. The van der Waals surface area contributed by atoms with E-state index in [0.717, 1.165) is 0 Å². The second-order valence-corrected chi connectivity index (χ2v) is 7.09. The number of ether oxygens (including phenoxy) is 2. The molecule has 0 spiro atoms. The predicted molar refractivity (Wildman–Crippen MR) is 119 cm³/mol. The number of alkyl halides is 1. The number of Topliss-reactive ketones (excluding diaryl/α,β-unsaturated/α-hetero) is 2. The third-order valence-electron chi connectivity index (χ3n) is 3.65. The van der Waals surface area contributed by atoms with Crippen LogP contribution in [-0.4, -0.2) is 42.1 Å². The molecule has 0 saturated carbocycles. The number of hydrogen-bond donors (Lipinski definition) is 0. The highest BCUT2D eigenvalue weighted by Crippen LogP contribution is 2.19. The van der Waals surface area contributed by atoms with Gasteiger partial charge in [-0.05, 0) is 38.1 Å². The minimum atomic E-state index is -1.35. The van der Waals surface area contributed by atoms with Gasteiger partial charge in [-0.15, -0.1) is 11.6 Å². The van der Waals surface area contributed by atoms with Gasteiger partial charge in [-0.1, -0.05) is 47.5 Å². The standard InChI is InChI=1S/C11H10Cl2O3.C11H11ClO3/c1-2-16-11(15)9(13)10(14)7-5-3-4-6-8(7)12;1-2-15-11(14)7-10(13)8-5-3-4-6-9(8)12/h3-6,9H,2H2,1H3;3-6H,2,7H2,1H3. The first-order valence-electron chi connectivity index (χ1n) is 9.25. The second kappa shape index (κ2) is 13.8. The molecule has 0 bridgehead atoms. The fraction of sp³-hybridized carbons (Fsp3) is 0.273. The highest BCUT2D eigenvalue weighted by Gasteiger charge is 2.27. The van der Waals surface area contributed by atoms with Gasteiger partial charge in [0.1, 0.15) is 6.42 Å². The van der Waals surface area contributed by atoms with Crippen LogP contribution in [0.1, 0.15) is 41.0 Å². The maximum Gasteiger partial charge on any atom is 0.332 e. The fourth-order valence-electron chi connectivity index (χ4n) is 2.25. The number of carbonyl (C=O) groups is 4. The lowest BCUT2D eigenvalue weighted by molar-refractivity contribution is -0.142. The van der Waals surface area contributed by atoms with E-state index in [9.17, 15) is 19.2 Å². The monoisotopic (exact) mass is 486 g/mol. The molecular formula is C22H21Cl3O6. The Hall–Kier alpha value is -2.41. The molecule has 2 aromatic carbocycles. The van der Waals surface area contributed by atoms with Crippen molar-refractivity contribution < 1.29 is 28.7 Å². The van der Waals surface area contributed by atoms with Crippen LogP contribution in [0, 0.1) is 0 Å². The molecule has 0 aliphatic rings. The zero-order valence-corrected chi connectivity index (χ0v) is 19.2. The van der Waals surface area contributed by atoms with E-state index in [2.05, 4.69) is 9.47 Å². The molecule has 1 unspecified atom stereocenters. The van der Waals surface area contributed by atoms with Gasteiger partial charge in [0.05, 0.1) is 23.3 Å². The van der Waals surface area contributed by atoms with E-state index in [4.69, 9.17) is 34.8 Å². The van der Waals surface area contributed by atoms with Crippen molar-refractivity contribution in [1.82, 2.24) is 0 Å². The van der Waals surface area contributed by atoms with Crippen molar-refractivity contribution >= 4 is 58.3 Å². The summed E-state index contributed by atoms with van der Waals surface area (Å²) in [6.45, 7) is 3.78. The molecular weight excluding hydrogens is 467 g/mol. The first kappa shape index (κ1) is 26.6. The van der Waals surface area contributed by atoms with Gasteiger partial charge in [-0.2, -0.15) is 0 Å². The summed E-state index contributed by atoms with van der Waals surface area (Å²) in [7, 11) is 0. The van der Waals surface area contributed by atoms with Crippen LogP contribution in [0.4, 0.5) is 0 Å². The van der Waals surface area contributed by atoms with Crippen molar-refractivity contribution in [2.75, 3.05) is 13.2 Å². The van der Waals surface area contributed by atoms with Crippen LogP contribution in [-0.2, 0) is 19.1 Å². The summed E-state index contributed by atoms with van der Waals surface area (Å²) < 4.78 is 9.32. The number of hydrogen-bond acceptors (Lipinski definition) is 6. The molecule has 0 fully saturated rings. The Morgan fingerprint density at radius 2 is 1.29 bits per heavy atom. The average molecular weight is 488 g/mol. The maximum atomic E-state index is 11.8. The topological polar surface area (TPSA) is 86.7 Å². The van der Waals surface area contributed by atoms with Crippen LogP contribution in [0.5, 0.6) is 0 Å². The van der Waals surface area contributed by atoms with E-state index in [1.807, 2.05) is 0 Å². The zero-order valence-electron chi connectivity index (χ0n) is 16.9. The zero-order chi connectivity index (χ0) is 23.4. The minimum absolute atomic E-state index is 0.178. The molecule has 0 saturated heterocycles. The summed E-state index contributed by atoms with van der Waals surface area (Å²) >= 11 is 17.3. The van der Waals surface area contributed by atoms with Gasteiger partial charge in [0, 0.05) is 11.1 Å². The molecule has 2 rings (SSSR count). The molecule has 9 heteroatoms. The number of rotatable bonds is 8. The maximum absolute atomic E-state index is 11.8. The summed E-state index contributed by atoms with van der Waals surface area (Å²) in [5.41, 5.74) is 0.574. The number of halogens is 3. The van der Waals surface area contributed by atoms with Crippen LogP contribution in [0.2, 0.25) is 10.0 Å². The van der Waals surface area contributed by atoms with Gasteiger partial charge in [0.2, 0.25) is 0 Å². The molecule has 0 heterocycles. The summed E-state index contributed by atoms with van der Waals surface area (Å²) in [6, 6.07) is 13.0. The molecule has 0 aromatic heterocycles. The summed E-state index contributed by atoms with van der Waals surface area (Å²) in [5.74, 6) is -2.15. The third kappa shape index (κ3) is 8.69. The lowest BCUT2D eigenvalue weighted by Gasteiger charge is -2.08. The fourth-order valence-corrected chi connectivity index (χ4v) is 2.90. The van der Waals surface area contributed by atoms with Crippen LogP contribution in [0.25, 0.3) is 0 Å². The average Bonchev–Trinajstić information content (AvgIpc) is 2.74. The first-order valence-corrected chi connectivity index (χ1v) is 10.4. The Balaban J connectivity index is 0.000000311. The highest BCUT2D eigenvalue weighted by atomic mass is 35.5. The van der Waals surface area contributed by atoms with Gasteiger partial charge in [0.15, 0.2) is 16.9 Å². The quantitative estimate of drug-likeness (QED) is 0.221. The molecule has 166 valence electrons. The number of ketones is 2. The smallest absolute Gasteiger partial charge is 0.332 e. The van der Waals surface area contributed by atoms with Crippen molar-refractivity contribution in [2.45, 2.75) is 25.6 Å². The highest BCUT2D eigenvalue weighted by molar-refractivity contribution is 6.45. The summed E-state index contributed by atoms with van der Waals surface area (Å²) in [5, 5.41) is -0.728. The van der Waals surface area contributed by atoms with Gasteiger partial charge in [-0.25, -0.2) is 4.79 Å². The van der Waals surface area contributed by atoms with Crippen molar-refractivity contribution in [2.24, 2.45) is 0 Å². The van der Waals surface area contributed by atoms with E-state index in [1.165, 1.54) is 6.07 Å². The SMILES string of the molecule is CCOC(=O)C(Cl)C(=O)c1ccccc1Cl.CCOC(=O)CC(=O)c1ccccc1Cl. The minimum Gasteiger partial charge on any atom is -0.466 e. The molecule has 0 amide bonds. The Kier molecular flexibility index (Phi) is 11.9. The van der Waals surface area contributed by atoms with Gasteiger partial charge >= 0.3 is 11.9 Å². The predicted octanol–water partition coefficient (Wildman–Crippen LogP) is 5.17. The normalized spacial score (nSPS) is 10.9. The molecule has 31 heavy (non-hydrogen) atoms. The third-order valence-corrected chi connectivity index (χ3v) is 4.68. The van der Waals surface area contributed by atoms with E-state index in [0.29, 0.717) is 10.6 Å². The van der Waals surface area contributed by atoms with E-state index < -0.39 is 23.1 Å². The lowest BCUT2D eigenvalue weighted by atomic mass is 10.1. The molecule has 0 aliphatic heterocycles. The molecule has 2 aromatic rings. The number of benzene rings is 2. The molecule has 0 radical (unpaired) electrons. The Morgan fingerprint density at radius 3 is 1.77 bits per heavy atom. The summed E-state index contributed by atoms with van der Waals surface area (Å²) in [6.07, 6.45) is -0.266. The van der Waals surface area contributed by atoms with Crippen LogP contribution >= 0.6 is 34.8 Å². The van der Waals surface area contributed by atoms with Crippen molar-refractivity contribution in [3.63, 3.8) is 0 Å². The Labute approximate surface area is 195 Å². The van der Waals surface area contributed by atoms with Gasteiger partial charge < -0.3 is 9.47 Å². The second-order valence-electron chi connectivity index (χ2n) is 5.84. The number of carbonyl (C=O) groups excluding carboxylic acids is 4. The van der Waals surface area contributed by atoms with Crippen molar-refractivity contribution in [1.29, 1.82) is 0 Å². The molecule has 0 aliphatic carbocycles. The Morgan fingerprint density at radius 1 is 0.806 bits per heavy atom. The van der Waals surface area contributed by atoms with Crippen LogP contribution in [0.3, 0.4) is 0 Å². The Bertz CT molecular complexity index is 929. The van der Waals surface area contributed by atoms with Gasteiger partial charge in [-0.3, -0.25) is 14.4 Å².